The number of benzene rings is 1. The highest BCUT2D eigenvalue weighted by Gasteiger charge is 2.52. The van der Waals surface area contributed by atoms with Gasteiger partial charge in [0.2, 0.25) is 0 Å². The summed E-state index contributed by atoms with van der Waals surface area (Å²) in [6.45, 7) is 1.59. The van der Waals surface area contributed by atoms with Crippen molar-refractivity contribution in [2.45, 2.75) is 37.8 Å². The molecule has 0 spiro atoms. The second-order valence-corrected chi connectivity index (χ2v) is 6.17. The number of carbonyl (C=O) groups is 1. The van der Waals surface area contributed by atoms with Crippen molar-refractivity contribution in [2.75, 3.05) is 18.8 Å². The molecule has 1 aliphatic carbocycles. The molecule has 0 heterocycles. The molecule has 0 radical (unpaired) electrons. The van der Waals surface area contributed by atoms with E-state index in [4.69, 9.17) is 26.3 Å². The number of nitrogens with zero attached hydrogens (tertiary/aromatic N) is 3. The first-order valence-electron chi connectivity index (χ1n) is 7.67. The molecule has 1 aromatic carbocycles. The molecule has 2 rings (SSSR count). The fourth-order valence-corrected chi connectivity index (χ4v) is 3.46. The van der Waals surface area contributed by atoms with E-state index in [9.17, 15) is 15.2 Å². The molecule has 25 heavy (non-hydrogen) atoms. The van der Waals surface area contributed by atoms with Gasteiger partial charge in [0, 0.05) is 7.11 Å². The average Bonchev–Trinajstić information content (AvgIpc) is 3.00. The van der Waals surface area contributed by atoms with Gasteiger partial charge in [-0.1, -0.05) is 11.6 Å². The molecule has 1 aromatic rings. The van der Waals surface area contributed by atoms with Crippen molar-refractivity contribution in [3.8, 4) is 12.1 Å². The molecule has 1 saturated carbocycles. The molecule has 2 atom stereocenters. The highest BCUT2D eigenvalue weighted by molar-refractivity contribution is 6.33. The summed E-state index contributed by atoms with van der Waals surface area (Å²) >= 11 is 6.19. The molecule has 1 fully saturated rings. The van der Waals surface area contributed by atoms with Crippen molar-refractivity contribution in [2.24, 2.45) is 0 Å². The predicted molar refractivity (Wildman–Crippen MR) is 90.4 cm³/mol. The first-order valence-corrected chi connectivity index (χ1v) is 8.05. The lowest BCUT2D eigenvalue weighted by molar-refractivity contribution is -0.0817. The van der Waals surface area contributed by atoms with Crippen LogP contribution in [-0.4, -0.2) is 36.7 Å². The Kier molecular flexibility index (Phi) is 5.86. The van der Waals surface area contributed by atoms with Gasteiger partial charge in [-0.15, -0.1) is 0 Å². The summed E-state index contributed by atoms with van der Waals surface area (Å²) in [6.07, 6.45) is -0.375. The van der Waals surface area contributed by atoms with Crippen molar-refractivity contribution >= 4 is 23.4 Å². The standard InChI is InChI=1S/C17H18ClN3O4/c1-11-13(6-5-12(8-19)15(11)18)21(16(22)23)17(9-20)7-3-4-14(17)25-10-24-2/h5-6,14H,3-4,7,10H2,1-2H3,(H,22,23). The van der Waals surface area contributed by atoms with E-state index in [1.807, 2.05) is 6.07 Å². The van der Waals surface area contributed by atoms with E-state index in [1.165, 1.54) is 19.2 Å². The van der Waals surface area contributed by atoms with Crippen LogP contribution in [0.5, 0.6) is 0 Å². The summed E-state index contributed by atoms with van der Waals surface area (Å²) in [6, 6.07) is 7.05. The number of hydrogen-bond acceptors (Lipinski definition) is 5. The van der Waals surface area contributed by atoms with E-state index in [-0.39, 0.29) is 23.1 Å². The Labute approximate surface area is 150 Å². The quantitative estimate of drug-likeness (QED) is 0.803. The van der Waals surface area contributed by atoms with Gasteiger partial charge >= 0.3 is 6.09 Å². The molecule has 1 aliphatic rings. The van der Waals surface area contributed by atoms with Gasteiger partial charge in [-0.25, -0.2) is 4.79 Å². The van der Waals surface area contributed by atoms with Crippen molar-refractivity contribution in [1.29, 1.82) is 10.5 Å². The Balaban J connectivity index is 2.58. The molecule has 7 nitrogen and oxygen atoms in total. The number of halogens is 1. The van der Waals surface area contributed by atoms with Crippen molar-refractivity contribution in [1.82, 2.24) is 0 Å². The Hall–Kier alpha value is -2.32. The average molecular weight is 364 g/mol. The van der Waals surface area contributed by atoms with Gasteiger partial charge in [0.25, 0.3) is 0 Å². The summed E-state index contributed by atoms with van der Waals surface area (Å²) in [7, 11) is 1.46. The summed E-state index contributed by atoms with van der Waals surface area (Å²) in [5.74, 6) is 0. The van der Waals surface area contributed by atoms with Crippen molar-refractivity contribution in [3.63, 3.8) is 0 Å². The molecule has 8 heteroatoms. The summed E-state index contributed by atoms with van der Waals surface area (Å²) in [4.78, 5) is 13.1. The largest absolute Gasteiger partial charge is 0.465 e. The molecule has 0 aliphatic heterocycles. The maximum atomic E-state index is 12.1. The lowest BCUT2D eigenvalue weighted by Crippen LogP contribution is -2.56. The van der Waals surface area contributed by atoms with E-state index >= 15 is 0 Å². The molecule has 0 aromatic heterocycles. The van der Waals surface area contributed by atoms with Crippen LogP contribution in [0.3, 0.4) is 0 Å². The normalized spacial score (nSPS) is 22.2. The second kappa shape index (κ2) is 7.71. The SMILES string of the molecule is COCOC1CCCC1(C#N)N(C(=O)O)c1ccc(C#N)c(Cl)c1C. The van der Waals surface area contributed by atoms with E-state index in [0.717, 1.165) is 4.90 Å². The van der Waals surface area contributed by atoms with Crippen LogP contribution in [0, 0.1) is 29.6 Å². The number of anilines is 1. The van der Waals surface area contributed by atoms with Crippen LogP contribution in [0.25, 0.3) is 0 Å². The minimum Gasteiger partial charge on any atom is -0.465 e. The highest BCUT2D eigenvalue weighted by Crippen LogP contribution is 2.42. The Bertz CT molecular complexity index is 755. The lowest BCUT2D eigenvalue weighted by atomic mass is 9.92. The van der Waals surface area contributed by atoms with Gasteiger partial charge in [-0.2, -0.15) is 10.5 Å². The third-order valence-corrected chi connectivity index (χ3v) is 4.93. The molecular weight excluding hydrogens is 346 g/mol. The zero-order chi connectivity index (χ0) is 18.6. The van der Waals surface area contributed by atoms with E-state index in [1.54, 1.807) is 6.92 Å². The first-order chi connectivity index (χ1) is 11.9. The third-order valence-electron chi connectivity index (χ3n) is 4.45. The van der Waals surface area contributed by atoms with Crippen LogP contribution >= 0.6 is 11.6 Å². The summed E-state index contributed by atoms with van der Waals surface area (Å²) in [5, 5.41) is 29.0. The number of amides is 1. The fourth-order valence-electron chi connectivity index (χ4n) is 3.25. The summed E-state index contributed by atoms with van der Waals surface area (Å²) in [5.41, 5.74) is -0.439. The number of ether oxygens (including phenoxy) is 2. The number of hydrogen-bond donors (Lipinski definition) is 1. The smallest absolute Gasteiger partial charge is 0.413 e. The van der Waals surface area contributed by atoms with Gasteiger partial charge in [0.05, 0.1) is 28.4 Å². The zero-order valence-corrected chi connectivity index (χ0v) is 14.7. The minimum atomic E-state index is -1.38. The van der Waals surface area contributed by atoms with Crippen LogP contribution in [0.2, 0.25) is 5.02 Å². The molecular formula is C17H18ClN3O4. The maximum Gasteiger partial charge on any atom is 0.413 e. The van der Waals surface area contributed by atoms with E-state index in [2.05, 4.69) is 6.07 Å². The van der Waals surface area contributed by atoms with Gasteiger partial charge in [-0.05, 0) is 43.9 Å². The van der Waals surface area contributed by atoms with Crippen LogP contribution < -0.4 is 4.90 Å². The maximum absolute atomic E-state index is 12.1. The predicted octanol–water partition coefficient (Wildman–Crippen LogP) is 3.44. The lowest BCUT2D eigenvalue weighted by Gasteiger charge is -2.38. The summed E-state index contributed by atoms with van der Waals surface area (Å²) < 4.78 is 10.5. The van der Waals surface area contributed by atoms with Crippen molar-refractivity contribution in [3.05, 3.63) is 28.3 Å². The highest BCUT2D eigenvalue weighted by atomic mass is 35.5. The van der Waals surface area contributed by atoms with Crippen molar-refractivity contribution < 1.29 is 19.4 Å². The van der Waals surface area contributed by atoms with Gasteiger partial charge < -0.3 is 14.6 Å². The molecule has 132 valence electrons. The first kappa shape index (κ1) is 19.0. The van der Waals surface area contributed by atoms with Crippen LogP contribution in [0.15, 0.2) is 12.1 Å². The second-order valence-electron chi connectivity index (χ2n) is 5.79. The topological polar surface area (TPSA) is 107 Å². The van der Waals surface area contributed by atoms with E-state index in [0.29, 0.717) is 24.8 Å². The fraction of sp³-hybridized carbons (Fsp3) is 0.471. The molecule has 1 N–H and O–H groups in total. The number of nitriles is 2. The number of rotatable bonds is 5. The molecule has 1 amide bonds. The molecule has 2 unspecified atom stereocenters. The van der Waals surface area contributed by atoms with Crippen LogP contribution in [-0.2, 0) is 9.47 Å². The zero-order valence-electron chi connectivity index (χ0n) is 14.0. The molecule has 0 saturated heterocycles. The molecule has 0 bridgehead atoms. The number of carboxylic acid groups (broad SMARTS) is 1. The monoisotopic (exact) mass is 363 g/mol. The van der Waals surface area contributed by atoms with Gasteiger partial charge in [0.1, 0.15) is 12.9 Å². The minimum absolute atomic E-state index is 0.0331. The van der Waals surface area contributed by atoms with Crippen LogP contribution in [0.4, 0.5) is 10.5 Å². The van der Waals surface area contributed by atoms with Gasteiger partial charge in [0.15, 0.2) is 5.54 Å². The Morgan fingerprint density at radius 1 is 1.52 bits per heavy atom. The Morgan fingerprint density at radius 3 is 2.80 bits per heavy atom. The third kappa shape index (κ3) is 3.27. The van der Waals surface area contributed by atoms with E-state index < -0.39 is 17.7 Å². The Morgan fingerprint density at radius 2 is 2.24 bits per heavy atom. The number of methoxy groups -OCH3 is 1. The van der Waals surface area contributed by atoms with Crippen LogP contribution in [0.1, 0.15) is 30.4 Å². The van der Waals surface area contributed by atoms with Gasteiger partial charge in [-0.3, -0.25) is 4.90 Å².